The fourth-order valence-corrected chi connectivity index (χ4v) is 7.78. The van der Waals surface area contributed by atoms with Gasteiger partial charge in [0.2, 0.25) is 0 Å². The molecule has 0 radical (unpaired) electrons. The maximum absolute atomic E-state index is 12.7. The molecule has 0 N–H and O–H groups in total. The number of unbranched alkanes of at least 4 members (excludes halogenated alkanes) is 28. The highest BCUT2D eigenvalue weighted by Crippen LogP contribution is 2.38. The lowest BCUT2D eigenvalue weighted by Gasteiger charge is -2.28. The first-order valence-electron chi connectivity index (χ1n) is 25.0. The van der Waals surface area contributed by atoms with Crippen LogP contribution in [-0.4, -0.2) is 70.0 Å². The molecule has 0 aliphatic heterocycles. The molecular formula is C50H96NO8P. The van der Waals surface area contributed by atoms with Gasteiger partial charge in [-0.3, -0.25) is 14.2 Å². The number of ether oxygens (including phenoxy) is 2. The number of nitrogens with zero attached hydrogens (tertiary/aromatic N) is 1. The number of likely N-dealkylation sites (N-methyl/N-ethyl adjacent to an activating group) is 1. The zero-order chi connectivity index (χ0) is 44.3. The molecule has 0 bridgehead atoms. The minimum absolute atomic E-state index is 0.0359. The van der Waals surface area contributed by atoms with Crippen LogP contribution in [0.4, 0.5) is 0 Å². The third kappa shape index (κ3) is 46.0. The largest absolute Gasteiger partial charge is 0.756 e. The lowest BCUT2D eigenvalue weighted by Crippen LogP contribution is -2.37. The molecule has 0 rings (SSSR count). The van der Waals surface area contributed by atoms with Crippen LogP contribution in [0.25, 0.3) is 0 Å². The Morgan fingerprint density at radius 3 is 1.37 bits per heavy atom. The summed E-state index contributed by atoms with van der Waals surface area (Å²) in [4.78, 5) is 37.6. The molecule has 0 fully saturated rings. The zero-order valence-electron chi connectivity index (χ0n) is 39.9. The van der Waals surface area contributed by atoms with E-state index >= 15 is 0 Å². The molecule has 0 saturated heterocycles. The van der Waals surface area contributed by atoms with Gasteiger partial charge in [0.25, 0.3) is 7.82 Å². The zero-order valence-corrected chi connectivity index (χ0v) is 40.8. The van der Waals surface area contributed by atoms with Gasteiger partial charge in [-0.25, -0.2) is 0 Å². The molecule has 10 heteroatoms. The first-order valence-corrected chi connectivity index (χ1v) is 26.5. The number of carbonyl (C=O) groups excluding carboxylic acids is 2. The van der Waals surface area contributed by atoms with Gasteiger partial charge in [-0.05, 0) is 38.5 Å². The van der Waals surface area contributed by atoms with E-state index in [9.17, 15) is 19.0 Å². The highest BCUT2D eigenvalue weighted by Gasteiger charge is 2.21. The van der Waals surface area contributed by atoms with Gasteiger partial charge in [-0.2, -0.15) is 0 Å². The Hall–Kier alpha value is -1.51. The number of esters is 2. The van der Waals surface area contributed by atoms with Crippen molar-refractivity contribution in [2.75, 3.05) is 47.5 Å². The van der Waals surface area contributed by atoms with Gasteiger partial charge >= 0.3 is 11.9 Å². The van der Waals surface area contributed by atoms with E-state index in [2.05, 4.69) is 38.2 Å². The molecule has 9 nitrogen and oxygen atoms in total. The first kappa shape index (κ1) is 58.5. The summed E-state index contributed by atoms with van der Waals surface area (Å²) in [5, 5.41) is 0. The highest BCUT2D eigenvalue weighted by molar-refractivity contribution is 7.45. The van der Waals surface area contributed by atoms with Crippen molar-refractivity contribution in [1.82, 2.24) is 0 Å². The standard InChI is InChI=1S/C50H96NO8P/c1-6-8-10-12-14-16-18-20-22-24-25-27-28-30-32-34-36-38-40-42-49(52)56-46-48(47-58-60(54,55)57-45-44-51(3,4)5)59-50(53)43-41-39-37-35-33-31-29-26-23-21-19-17-15-13-11-9-7-2/h29,31,35,37,48H,6-28,30,32-34,36,38-47H2,1-5H3/b31-29+,37-35+/t48-/m1/s1. The molecular weight excluding hydrogens is 774 g/mol. The summed E-state index contributed by atoms with van der Waals surface area (Å²) in [5.74, 6) is -0.876. The van der Waals surface area contributed by atoms with E-state index in [0.717, 1.165) is 38.5 Å². The topological polar surface area (TPSA) is 111 Å². The lowest BCUT2D eigenvalue weighted by atomic mass is 10.0. The average molecular weight is 870 g/mol. The van der Waals surface area contributed by atoms with Crippen LogP contribution in [0.3, 0.4) is 0 Å². The Morgan fingerprint density at radius 2 is 0.917 bits per heavy atom. The third-order valence-electron chi connectivity index (χ3n) is 11.0. The van der Waals surface area contributed by atoms with Crippen molar-refractivity contribution in [3.8, 4) is 0 Å². The molecule has 0 aliphatic carbocycles. The first-order chi connectivity index (χ1) is 29.0. The van der Waals surface area contributed by atoms with Gasteiger partial charge in [0.15, 0.2) is 6.10 Å². The van der Waals surface area contributed by atoms with Crippen LogP contribution in [0.2, 0.25) is 0 Å². The van der Waals surface area contributed by atoms with E-state index in [1.165, 1.54) is 161 Å². The summed E-state index contributed by atoms with van der Waals surface area (Å²) >= 11 is 0. The predicted molar refractivity (Wildman–Crippen MR) is 250 cm³/mol. The molecule has 354 valence electrons. The summed E-state index contributed by atoms with van der Waals surface area (Å²) < 4.78 is 34.0. The average Bonchev–Trinajstić information content (AvgIpc) is 3.20. The van der Waals surface area contributed by atoms with Crippen LogP contribution in [0.5, 0.6) is 0 Å². The summed E-state index contributed by atoms with van der Waals surface area (Å²) in [6.45, 7) is 4.22. The van der Waals surface area contributed by atoms with Crippen molar-refractivity contribution in [3.63, 3.8) is 0 Å². The van der Waals surface area contributed by atoms with Gasteiger partial charge < -0.3 is 27.9 Å². The van der Waals surface area contributed by atoms with Crippen molar-refractivity contribution in [2.24, 2.45) is 0 Å². The predicted octanol–water partition coefficient (Wildman–Crippen LogP) is 14.1. The molecule has 60 heavy (non-hydrogen) atoms. The van der Waals surface area contributed by atoms with Crippen LogP contribution in [0.1, 0.15) is 232 Å². The minimum atomic E-state index is -4.64. The van der Waals surface area contributed by atoms with E-state index in [1.807, 2.05) is 21.1 Å². The van der Waals surface area contributed by atoms with Gasteiger partial charge in [0.05, 0.1) is 27.7 Å². The number of quaternary nitrogens is 1. The molecule has 0 aromatic carbocycles. The Kier molecular flexibility index (Phi) is 41.7. The Balaban J connectivity index is 4.29. The van der Waals surface area contributed by atoms with Crippen LogP contribution < -0.4 is 4.89 Å². The van der Waals surface area contributed by atoms with E-state index in [0.29, 0.717) is 17.4 Å². The van der Waals surface area contributed by atoms with Gasteiger partial charge in [0, 0.05) is 12.8 Å². The van der Waals surface area contributed by atoms with E-state index in [1.54, 1.807) is 0 Å². The maximum Gasteiger partial charge on any atom is 0.306 e. The molecule has 0 aromatic heterocycles. The van der Waals surface area contributed by atoms with Crippen molar-refractivity contribution in [3.05, 3.63) is 24.3 Å². The van der Waals surface area contributed by atoms with E-state index in [-0.39, 0.29) is 32.0 Å². The van der Waals surface area contributed by atoms with Gasteiger partial charge in [-0.15, -0.1) is 0 Å². The fourth-order valence-electron chi connectivity index (χ4n) is 7.05. The maximum atomic E-state index is 12.7. The Morgan fingerprint density at radius 1 is 0.517 bits per heavy atom. The highest BCUT2D eigenvalue weighted by atomic mass is 31.2. The number of hydrogen-bond donors (Lipinski definition) is 0. The number of carbonyl (C=O) groups is 2. The second kappa shape index (κ2) is 42.8. The molecule has 0 heterocycles. The molecule has 0 saturated carbocycles. The van der Waals surface area contributed by atoms with Crippen LogP contribution in [0.15, 0.2) is 24.3 Å². The molecule has 1 unspecified atom stereocenters. The second-order valence-corrected chi connectivity index (χ2v) is 19.6. The molecule has 0 spiro atoms. The van der Waals surface area contributed by atoms with Crippen molar-refractivity contribution >= 4 is 19.8 Å². The fraction of sp³-hybridized carbons (Fsp3) is 0.880. The molecule has 2 atom stereocenters. The van der Waals surface area contributed by atoms with Crippen LogP contribution in [0, 0.1) is 0 Å². The normalized spacial score (nSPS) is 13.6. The van der Waals surface area contributed by atoms with Crippen molar-refractivity contribution < 1.29 is 42.1 Å². The van der Waals surface area contributed by atoms with Gasteiger partial charge in [0.1, 0.15) is 19.8 Å². The molecule has 0 amide bonds. The molecule has 0 aromatic rings. The smallest absolute Gasteiger partial charge is 0.306 e. The number of hydrogen-bond acceptors (Lipinski definition) is 8. The monoisotopic (exact) mass is 870 g/mol. The van der Waals surface area contributed by atoms with Crippen molar-refractivity contribution in [1.29, 1.82) is 0 Å². The van der Waals surface area contributed by atoms with Crippen molar-refractivity contribution in [2.45, 2.75) is 238 Å². The lowest BCUT2D eigenvalue weighted by molar-refractivity contribution is -0.870. The second-order valence-electron chi connectivity index (χ2n) is 18.2. The van der Waals surface area contributed by atoms with Crippen LogP contribution in [-0.2, 0) is 32.7 Å². The quantitative estimate of drug-likeness (QED) is 0.0195. The molecule has 0 aliphatic rings. The van der Waals surface area contributed by atoms with E-state index < -0.39 is 26.5 Å². The SMILES string of the molecule is CCCCCCCCCCC/C=C/C/C=C/CCCC(=O)O[C@H](COC(=O)CCCCCCCCCCCCCCCCCCCCC)COP(=O)([O-])OCC[N+](C)(C)C. The number of phosphoric acid groups is 1. The number of phosphoric ester groups is 1. The summed E-state index contributed by atoms with van der Waals surface area (Å²) in [6, 6.07) is 0. The summed E-state index contributed by atoms with van der Waals surface area (Å²) in [5.41, 5.74) is 0. The minimum Gasteiger partial charge on any atom is -0.756 e. The summed E-state index contributed by atoms with van der Waals surface area (Å²) in [7, 11) is 1.15. The number of rotatable bonds is 46. The Bertz CT molecular complexity index is 1070. The van der Waals surface area contributed by atoms with Gasteiger partial charge in [-0.1, -0.05) is 205 Å². The van der Waals surface area contributed by atoms with Crippen LogP contribution >= 0.6 is 7.82 Å². The third-order valence-corrected chi connectivity index (χ3v) is 11.9. The van der Waals surface area contributed by atoms with E-state index in [4.69, 9.17) is 18.5 Å². The Labute approximate surface area is 370 Å². The summed E-state index contributed by atoms with van der Waals surface area (Å²) in [6.07, 6.45) is 47.9. The number of allylic oxidation sites excluding steroid dienone is 4.